The highest BCUT2D eigenvalue weighted by Crippen LogP contribution is 2.35. The number of hydrogen-bond donors (Lipinski definition) is 1. The van der Waals surface area contributed by atoms with E-state index in [1.807, 2.05) is 30.3 Å². The maximum atomic E-state index is 12.3. The molecule has 0 bridgehead atoms. The van der Waals surface area contributed by atoms with Gasteiger partial charge < -0.3 is 5.32 Å². The van der Waals surface area contributed by atoms with Crippen molar-refractivity contribution in [2.75, 3.05) is 5.32 Å². The summed E-state index contributed by atoms with van der Waals surface area (Å²) in [5, 5.41) is 5.23. The van der Waals surface area contributed by atoms with Crippen molar-refractivity contribution in [2.45, 2.75) is 0 Å². The molecule has 4 aromatic rings. The Bertz CT molecular complexity index is 1220. The summed E-state index contributed by atoms with van der Waals surface area (Å²) in [6.45, 7) is 0. The summed E-state index contributed by atoms with van der Waals surface area (Å²) in [6.07, 6.45) is 3.06. The molecule has 1 amide bonds. The maximum absolute atomic E-state index is 12.3. The molecule has 3 nitrogen and oxygen atoms in total. The molecule has 4 rings (SSSR count). The van der Waals surface area contributed by atoms with Crippen LogP contribution < -0.4 is 5.32 Å². The first kappa shape index (κ1) is 19.9. The number of anilines is 1. The highest BCUT2D eigenvalue weighted by Gasteiger charge is 2.11. The van der Waals surface area contributed by atoms with Crippen LogP contribution in [-0.2, 0) is 4.79 Å². The average molecular weight is 460 g/mol. The number of carbonyl (C=O) groups is 1. The molecule has 7 heteroatoms. The van der Waals surface area contributed by atoms with E-state index in [0.717, 1.165) is 20.8 Å². The second kappa shape index (κ2) is 8.56. The molecular weight excluding hydrogens is 447 g/mol. The first-order chi connectivity index (χ1) is 14.0. The first-order valence-electron chi connectivity index (χ1n) is 8.59. The second-order valence-corrected chi connectivity index (χ2v) is 8.45. The van der Waals surface area contributed by atoms with Crippen LogP contribution in [0.1, 0.15) is 5.56 Å². The van der Waals surface area contributed by atoms with Crippen LogP contribution >= 0.6 is 46.1 Å². The Hall–Kier alpha value is -2.37. The fourth-order valence-corrected chi connectivity index (χ4v) is 4.47. The summed E-state index contributed by atoms with van der Waals surface area (Å²) in [6, 6.07) is 18.3. The molecule has 0 aliphatic heterocycles. The number of nitrogens with zero attached hydrogens (tertiary/aromatic N) is 1. The van der Waals surface area contributed by atoms with Crippen LogP contribution in [0.15, 0.2) is 66.7 Å². The molecule has 0 radical (unpaired) electrons. The number of halogens is 3. The molecular formula is C22H13Cl3N2OS. The van der Waals surface area contributed by atoms with Crippen LogP contribution in [0.2, 0.25) is 15.1 Å². The Morgan fingerprint density at radius 1 is 0.966 bits per heavy atom. The Labute approximate surface area is 186 Å². The summed E-state index contributed by atoms with van der Waals surface area (Å²) in [7, 11) is 0. The van der Waals surface area contributed by atoms with Crippen LogP contribution in [0.5, 0.6) is 0 Å². The van der Waals surface area contributed by atoms with Crippen molar-refractivity contribution in [1.29, 1.82) is 0 Å². The van der Waals surface area contributed by atoms with Crippen molar-refractivity contribution in [3.05, 3.63) is 87.4 Å². The van der Waals surface area contributed by atoms with E-state index >= 15 is 0 Å². The molecule has 144 valence electrons. The molecule has 1 aromatic heterocycles. The van der Waals surface area contributed by atoms with Crippen molar-refractivity contribution in [3.63, 3.8) is 0 Å². The van der Waals surface area contributed by atoms with E-state index in [2.05, 4.69) is 10.3 Å². The average Bonchev–Trinajstić information content (AvgIpc) is 3.13. The van der Waals surface area contributed by atoms with E-state index in [1.54, 1.807) is 47.7 Å². The van der Waals surface area contributed by atoms with Gasteiger partial charge in [0.05, 0.1) is 15.2 Å². The first-order valence-corrected chi connectivity index (χ1v) is 10.5. The van der Waals surface area contributed by atoms with Crippen molar-refractivity contribution in [3.8, 4) is 10.6 Å². The third kappa shape index (κ3) is 4.62. The molecule has 0 atom stereocenters. The molecule has 0 saturated carbocycles. The van der Waals surface area contributed by atoms with Gasteiger partial charge in [0.1, 0.15) is 5.01 Å². The monoisotopic (exact) mass is 458 g/mol. The van der Waals surface area contributed by atoms with Gasteiger partial charge in [0.25, 0.3) is 0 Å². The molecule has 1 N–H and O–H groups in total. The van der Waals surface area contributed by atoms with E-state index in [0.29, 0.717) is 26.3 Å². The van der Waals surface area contributed by atoms with Gasteiger partial charge in [0.2, 0.25) is 5.91 Å². The molecule has 3 aromatic carbocycles. The zero-order valence-corrected chi connectivity index (χ0v) is 17.9. The number of aromatic nitrogens is 1. The SMILES string of the molecule is O=C(/C=C/c1ccc(Cl)cc1Cl)Nc1ccc(Cl)c(-c2nc3ccccc3s2)c1. The lowest BCUT2D eigenvalue weighted by Crippen LogP contribution is -2.07. The van der Waals surface area contributed by atoms with Crippen LogP contribution in [0.3, 0.4) is 0 Å². The molecule has 0 unspecified atom stereocenters. The van der Waals surface area contributed by atoms with E-state index in [4.69, 9.17) is 34.8 Å². The molecule has 0 spiro atoms. The number of carbonyl (C=O) groups excluding carboxylic acids is 1. The maximum Gasteiger partial charge on any atom is 0.248 e. The third-order valence-corrected chi connectivity index (χ3v) is 6.10. The van der Waals surface area contributed by atoms with Crippen molar-refractivity contribution in [2.24, 2.45) is 0 Å². The molecule has 0 fully saturated rings. The number of rotatable bonds is 4. The van der Waals surface area contributed by atoms with Crippen LogP contribution in [0.4, 0.5) is 5.69 Å². The van der Waals surface area contributed by atoms with E-state index in [9.17, 15) is 4.79 Å². The lowest BCUT2D eigenvalue weighted by molar-refractivity contribution is -0.111. The highest BCUT2D eigenvalue weighted by molar-refractivity contribution is 7.21. The fraction of sp³-hybridized carbons (Fsp3) is 0. The number of amides is 1. The van der Waals surface area contributed by atoms with Crippen molar-refractivity contribution < 1.29 is 4.79 Å². The molecule has 1 heterocycles. The van der Waals surface area contributed by atoms with E-state index in [-0.39, 0.29) is 5.91 Å². The summed E-state index contributed by atoms with van der Waals surface area (Å²) in [5.41, 5.74) is 3.02. The quantitative estimate of drug-likeness (QED) is 0.320. The molecule has 0 aliphatic rings. The predicted octanol–water partition coefficient (Wildman–Crippen LogP) is 7.58. The standard InChI is InChI=1S/C22H13Cl3N2OS/c23-14-7-5-13(18(25)11-14)6-10-21(28)26-15-8-9-17(24)16(12-15)22-27-19-3-1-2-4-20(19)29-22/h1-12H,(H,26,28)/b10-6+. The van der Waals surface area contributed by atoms with Crippen LogP contribution in [-0.4, -0.2) is 10.9 Å². The van der Waals surface area contributed by atoms with Crippen LogP contribution in [0.25, 0.3) is 26.9 Å². The number of para-hydroxylation sites is 1. The molecule has 29 heavy (non-hydrogen) atoms. The topological polar surface area (TPSA) is 42.0 Å². The minimum absolute atomic E-state index is 0.284. The van der Waals surface area contributed by atoms with Crippen molar-refractivity contribution in [1.82, 2.24) is 4.98 Å². The number of benzene rings is 3. The normalized spacial score (nSPS) is 11.3. The zero-order chi connectivity index (χ0) is 20.4. The Kier molecular flexibility index (Phi) is 5.88. The Balaban J connectivity index is 1.55. The zero-order valence-electron chi connectivity index (χ0n) is 14.8. The minimum atomic E-state index is -0.284. The largest absolute Gasteiger partial charge is 0.322 e. The summed E-state index contributed by atoms with van der Waals surface area (Å²) >= 11 is 19.9. The number of fused-ring (bicyclic) bond motifs is 1. The summed E-state index contributed by atoms with van der Waals surface area (Å²) in [4.78, 5) is 17.0. The van der Waals surface area contributed by atoms with Crippen molar-refractivity contribution >= 4 is 74.0 Å². The van der Waals surface area contributed by atoms with Gasteiger partial charge in [-0.05, 0) is 54.1 Å². The predicted molar refractivity (Wildman–Crippen MR) is 124 cm³/mol. The van der Waals surface area contributed by atoms with E-state index in [1.165, 1.54) is 6.08 Å². The third-order valence-electron chi connectivity index (χ3n) is 4.13. The van der Waals surface area contributed by atoms with Gasteiger partial charge in [-0.3, -0.25) is 4.79 Å². The highest BCUT2D eigenvalue weighted by atomic mass is 35.5. The summed E-state index contributed by atoms with van der Waals surface area (Å²) < 4.78 is 1.08. The van der Waals surface area contributed by atoms with Gasteiger partial charge in [0, 0.05) is 27.4 Å². The number of hydrogen-bond acceptors (Lipinski definition) is 3. The van der Waals surface area contributed by atoms with Gasteiger partial charge in [-0.2, -0.15) is 0 Å². The van der Waals surface area contributed by atoms with Crippen LogP contribution in [0, 0.1) is 0 Å². The number of thiazole rings is 1. The van der Waals surface area contributed by atoms with Gasteiger partial charge >= 0.3 is 0 Å². The second-order valence-electron chi connectivity index (χ2n) is 6.17. The Morgan fingerprint density at radius 3 is 2.59 bits per heavy atom. The van der Waals surface area contributed by atoms with Gasteiger partial charge in [-0.15, -0.1) is 11.3 Å². The van der Waals surface area contributed by atoms with E-state index < -0.39 is 0 Å². The lowest BCUT2D eigenvalue weighted by atomic mass is 10.2. The van der Waals surface area contributed by atoms with Gasteiger partial charge in [0.15, 0.2) is 0 Å². The fourth-order valence-electron chi connectivity index (χ4n) is 2.74. The minimum Gasteiger partial charge on any atom is -0.322 e. The molecule has 0 aliphatic carbocycles. The summed E-state index contributed by atoms with van der Waals surface area (Å²) in [5.74, 6) is -0.284. The molecule has 0 saturated heterocycles. The number of nitrogens with one attached hydrogen (secondary N) is 1. The lowest BCUT2D eigenvalue weighted by Gasteiger charge is -2.06. The van der Waals surface area contributed by atoms with Gasteiger partial charge in [-0.1, -0.05) is 53.0 Å². The Morgan fingerprint density at radius 2 is 1.79 bits per heavy atom. The van der Waals surface area contributed by atoms with Gasteiger partial charge in [-0.25, -0.2) is 4.98 Å². The smallest absolute Gasteiger partial charge is 0.248 e.